The Bertz CT molecular complexity index is 1280. The van der Waals surface area contributed by atoms with Crippen LogP contribution in [0.5, 0.6) is 0 Å². The molecule has 0 saturated carbocycles. The molecule has 0 fully saturated rings. The lowest BCUT2D eigenvalue weighted by molar-refractivity contribution is 0.0997. The third kappa shape index (κ3) is 4.69. The van der Waals surface area contributed by atoms with Crippen LogP contribution < -0.4 is 9.80 Å². The zero-order valence-corrected chi connectivity index (χ0v) is 19.0. The van der Waals surface area contributed by atoms with Crippen molar-refractivity contribution in [3.05, 3.63) is 133 Å². The van der Waals surface area contributed by atoms with E-state index in [1.54, 1.807) is 122 Å². The van der Waals surface area contributed by atoms with Crippen molar-refractivity contribution in [1.82, 2.24) is 19.9 Å². The minimum atomic E-state index is -0.371. The van der Waals surface area contributed by atoms with Crippen LogP contribution in [0.1, 0.15) is 20.7 Å². The van der Waals surface area contributed by atoms with Gasteiger partial charge in [0.1, 0.15) is 23.3 Å². The molecule has 36 heavy (non-hydrogen) atoms. The van der Waals surface area contributed by atoms with Crippen LogP contribution in [0.3, 0.4) is 0 Å². The number of nitrogens with zero attached hydrogens (tertiary/aromatic N) is 6. The van der Waals surface area contributed by atoms with Crippen molar-refractivity contribution in [2.75, 3.05) is 9.80 Å². The molecule has 0 aliphatic rings. The van der Waals surface area contributed by atoms with Crippen molar-refractivity contribution in [2.24, 2.45) is 0 Å². The number of amides is 2. The summed E-state index contributed by atoms with van der Waals surface area (Å²) in [6.45, 7) is 0. The van der Waals surface area contributed by atoms with E-state index in [9.17, 15) is 9.59 Å². The molecule has 0 bridgehead atoms. The van der Waals surface area contributed by atoms with Crippen molar-refractivity contribution in [3.63, 3.8) is 0 Å². The summed E-state index contributed by atoms with van der Waals surface area (Å²) in [7, 11) is 0. The highest BCUT2D eigenvalue weighted by Gasteiger charge is 2.25. The van der Waals surface area contributed by atoms with E-state index < -0.39 is 0 Å². The zero-order valence-electron chi connectivity index (χ0n) is 19.0. The van der Waals surface area contributed by atoms with Gasteiger partial charge in [-0.1, -0.05) is 30.3 Å². The third-order valence-corrected chi connectivity index (χ3v) is 5.28. The molecule has 0 radical (unpaired) electrons. The molecule has 4 aromatic heterocycles. The highest BCUT2D eigenvalue weighted by atomic mass is 16.2. The molecule has 5 aromatic rings. The van der Waals surface area contributed by atoms with Gasteiger partial charge >= 0.3 is 0 Å². The molecule has 4 heterocycles. The number of carbonyl (C=O) groups is 2. The minimum Gasteiger partial charge on any atom is -0.268 e. The molecule has 0 aliphatic carbocycles. The Hall–Kier alpha value is -5.24. The van der Waals surface area contributed by atoms with Gasteiger partial charge in [0.25, 0.3) is 11.8 Å². The first-order valence-electron chi connectivity index (χ1n) is 11.2. The van der Waals surface area contributed by atoms with Gasteiger partial charge in [0.15, 0.2) is 0 Å². The van der Waals surface area contributed by atoms with E-state index in [2.05, 4.69) is 19.9 Å². The second kappa shape index (κ2) is 10.4. The molecule has 1 aromatic carbocycles. The Morgan fingerprint density at radius 1 is 0.444 bits per heavy atom. The number of carbonyl (C=O) groups excluding carboxylic acids is 2. The number of rotatable bonds is 6. The second-order valence-electron chi connectivity index (χ2n) is 7.61. The Balaban J connectivity index is 1.54. The number of anilines is 4. The largest absolute Gasteiger partial charge is 0.268 e. The molecule has 0 atom stereocenters. The van der Waals surface area contributed by atoms with Crippen LogP contribution in [0.2, 0.25) is 0 Å². The normalized spacial score (nSPS) is 10.4. The van der Waals surface area contributed by atoms with Gasteiger partial charge in [-0.15, -0.1) is 0 Å². The Kier molecular flexibility index (Phi) is 6.48. The number of pyridine rings is 4. The van der Waals surface area contributed by atoms with Crippen molar-refractivity contribution in [3.8, 4) is 0 Å². The smallest absolute Gasteiger partial charge is 0.265 e. The molecular formula is C28H20N6O2. The SMILES string of the molecule is O=C(c1cccc(C(=O)N(c2ccccn2)c2ccccn2)c1)N(c1ccccn1)c1ccccn1. The first-order chi connectivity index (χ1) is 17.7. The van der Waals surface area contributed by atoms with Gasteiger partial charge in [0.05, 0.1) is 0 Å². The van der Waals surface area contributed by atoms with Crippen LogP contribution in [0.4, 0.5) is 23.3 Å². The number of aromatic nitrogens is 4. The van der Waals surface area contributed by atoms with Gasteiger partial charge < -0.3 is 0 Å². The predicted molar refractivity (Wildman–Crippen MR) is 136 cm³/mol. The molecule has 5 rings (SSSR count). The molecule has 0 spiro atoms. The summed E-state index contributed by atoms with van der Waals surface area (Å²) < 4.78 is 0. The van der Waals surface area contributed by atoms with Crippen molar-refractivity contribution in [2.45, 2.75) is 0 Å². The molecule has 8 nitrogen and oxygen atoms in total. The van der Waals surface area contributed by atoms with E-state index in [0.717, 1.165) is 0 Å². The van der Waals surface area contributed by atoms with Crippen LogP contribution in [0, 0.1) is 0 Å². The highest BCUT2D eigenvalue weighted by molar-refractivity contribution is 6.13. The van der Waals surface area contributed by atoms with Crippen LogP contribution >= 0.6 is 0 Å². The number of hydrogen-bond donors (Lipinski definition) is 0. The van der Waals surface area contributed by atoms with Crippen LogP contribution in [0.15, 0.2) is 122 Å². The standard InChI is InChI=1S/C28H20N6O2/c35-27(33(23-12-1-5-16-29-23)24-13-2-6-17-30-24)21-10-9-11-22(20-21)28(36)34(25-14-3-7-18-31-25)26-15-4-8-19-32-26/h1-20H. The van der Waals surface area contributed by atoms with Gasteiger partial charge in [-0.25, -0.2) is 29.7 Å². The molecule has 174 valence electrons. The van der Waals surface area contributed by atoms with E-state index in [4.69, 9.17) is 0 Å². The summed E-state index contributed by atoms with van der Waals surface area (Å²) in [5.74, 6) is 0.930. The van der Waals surface area contributed by atoms with Gasteiger partial charge in [-0.3, -0.25) is 9.59 Å². The fourth-order valence-corrected chi connectivity index (χ4v) is 3.64. The summed E-state index contributed by atoms with van der Waals surface area (Å²) in [6.07, 6.45) is 6.43. The summed E-state index contributed by atoms with van der Waals surface area (Å²) in [5.41, 5.74) is 0.610. The average Bonchev–Trinajstić information content (AvgIpc) is 2.96. The van der Waals surface area contributed by atoms with E-state index >= 15 is 0 Å². The first kappa shape index (κ1) is 22.5. The fraction of sp³-hybridized carbons (Fsp3) is 0. The average molecular weight is 473 g/mol. The fourth-order valence-electron chi connectivity index (χ4n) is 3.64. The first-order valence-corrected chi connectivity index (χ1v) is 11.2. The Morgan fingerprint density at radius 3 is 1.06 bits per heavy atom. The van der Waals surface area contributed by atoms with Crippen molar-refractivity contribution >= 4 is 35.1 Å². The number of benzene rings is 1. The van der Waals surface area contributed by atoms with Crippen molar-refractivity contribution < 1.29 is 9.59 Å². The maximum atomic E-state index is 13.7. The third-order valence-electron chi connectivity index (χ3n) is 5.28. The maximum absolute atomic E-state index is 13.7. The van der Waals surface area contributed by atoms with E-state index in [1.807, 2.05) is 0 Å². The van der Waals surface area contributed by atoms with Crippen LogP contribution in [0.25, 0.3) is 0 Å². The topological polar surface area (TPSA) is 92.2 Å². The second-order valence-corrected chi connectivity index (χ2v) is 7.61. The summed E-state index contributed by atoms with van der Waals surface area (Å²) in [4.78, 5) is 47.6. The molecule has 0 unspecified atom stereocenters. The van der Waals surface area contributed by atoms with Gasteiger partial charge in [-0.05, 0) is 66.7 Å². The van der Waals surface area contributed by atoms with Crippen molar-refractivity contribution in [1.29, 1.82) is 0 Å². The maximum Gasteiger partial charge on any atom is 0.265 e. The number of hydrogen-bond acceptors (Lipinski definition) is 6. The minimum absolute atomic E-state index is 0.305. The van der Waals surface area contributed by atoms with Gasteiger partial charge in [0, 0.05) is 35.9 Å². The monoisotopic (exact) mass is 472 g/mol. The van der Waals surface area contributed by atoms with Crippen LogP contribution in [-0.2, 0) is 0 Å². The molecule has 8 heteroatoms. The summed E-state index contributed by atoms with van der Waals surface area (Å²) in [6, 6.07) is 27.7. The molecular weight excluding hydrogens is 452 g/mol. The lowest BCUT2D eigenvalue weighted by Crippen LogP contribution is -2.29. The van der Waals surface area contributed by atoms with Crippen LogP contribution in [-0.4, -0.2) is 31.8 Å². The van der Waals surface area contributed by atoms with E-state index in [0.29, 0.717) is 34.4 Å². The predicted octanol–water partition coefficient (Wildman–Crippen LogP) is 5.22. The van der Waals surface area contributed by atoms with E-state index in [-0.39, 0.29) is 11.8 Å². The Morgan fingerprint density at radius 2 is 0.778 bits per heavy atom. The Labute approximate surface area is 207 Å². The molecule has 2 amide bonds. The lowest BCUT2D eigenvalue weighted by atomic mass is 10.1. The molecule has 0 N–H and O–H groups in total. The summed E-state index contributed by atoms with van der Waals surface area (Å²) >= 11 is 0. The molecule has 0 aliphatic heterocycles. The molecule has 0 saturated heterocycles. The van der Waals surface area contributed by atoms with E-state index in [1.165, 1.54) is 9.80 Å². The lowest BCUT2D eigenvalue weighted by Gasteiger charge is -2.22. The quantitative estimate of drug-likeness (QED) is 0.336. The van der Waals surface area contributed by atoms with Gasteiger partial charge in [0.2, 0.25) is 0 Å². The summed E-state index contributed by atoms with van der Waals surface area (Å²) in [5, 5.41) is 0. The highest BCUT2D eigenvalue weighted by Crippen LogP contribution is 2.26. The zero-order chi connectivity index (χ0) is 24.7. The van der Waals surface area contributed by atoms with Gasteiger partial charge in [-0.2, -0.15) is 0 Å².